The van der Waals surface area contributed by atoms with Crippen LogP contribution in [0.5, 0.6) is 0 Å². The number of methoxy groups -OCH3 is 1. The van der Waals surface area contributed by atoms with Crippen LogP contribution in [0.1, 0.15) is 16.8 Å². The van der Waals surface area contributed by atoms with Crippen LogP contribution in [-0.4, -0.2) is 31.3 Å². The Bertz CT molecular complexity index is 553. The van der Waals surface area contributed by atoms with E-state index in [1.165, 1.54) is 11.3 Å². The maximum absolute atomic E-state index is 11.7. The smallest absolute Gasteiger partial charge is 0.338 e. The zero-order chi connectivity index (χ0) is 13.0. The first-order valence-corrected chi connectivity index (χ1v) is 6.34. The lowest BCUT2D eigenvalue weighted by Gasteiger charge is -2.04. The summed E-state index contributed by atoms with van der Waals surface area (Å²) in [6.45, 7) is 0.938. The molecule has 0 saturated heterocycles. The second kappa shape index (κ2) is 5.79. The molecule has 0 spiro atoms. The van der Waals surface area contributed by atoms with E-state index >= 15 is 0 Å². The highest BCUT2D eigenvalue weighted by Gasteiger charge is 2.09. The number of fused-ring (bicyclic) bond motifs is 1. The number of benzene rings is 1. The van der Waals surface area contributed by atoms with Gasteiger partial charge in [-0.15, -0.1) is 0 Å². The number of carbonyl (C=O) groups is 1. The molecule has 0 aliphatic carbocycles. The van der Waals surface area contributed by atoms with Crippen molar-refractivity contribution in [2.45, 2.75) is 6.42 Å². The Hall–Kier alpha value is -1.66. The summed E-state index contributed by atoms with van der Waals surface area (Å²) in [6.07, 6.45) is 0.692. The van der Waals surface area contributed by atoms with E-state index in [1.807, 2.05) is 0 Å². The third kappa shape index (κ3) is 2.96. The first kappa shape index (κ1) is 12.8. The molecule has 1 aromatic heterocycles. The van der Waals surface area contributed by atoms with E-state index in [4.69, 9.17) is 15.2 Å². The van der Waals surface area contributed by atoms with Gasteiger partial charge in [-0.2, -0.15) is 0 Å². The molecule has 0 saturated carbocycles. The summed E-state index contributed by atoms with van der Waals surface area (Å²) in [6, 6.07) is 5.22. The zero-order valence-electron chi connectivity index (χ0n) is 10.0. The SMILES string of the molecule is COCCCOC(=O)c1ccc2nc(N)sc2c1. The monoisotopic (exact) mass is 266 g/mol. The van der Waals surface area contributed by atoms with Crippen molar-refractivity contribution in [3.05, 3.63) is 23.8 Å². The van der Waals surface area contributed by atoms with Crippen LogP contribution >= 0.6 is 11.3 Å². The largest absolute Gasteiger partial charge is 0.462 e. The maximum Gasteiger partial charge on any atom is 0.338 e. The lowest BCUT2D eigenvalue weighted by Crippen LogP contribution is -2.07. The third-order valence-corrected chi connectivity index (χ3v) is 3.21. The second-order valence-electron chi connectivity index (χ2n) is 3.72. The van der Waals surface area contributed by atoms with Gasteiger partial charge in [-0.05, 0) is 18.2 Å². The van der Waals surface area contributed by atoms with Gasteiger partial charge in [0.25, 0.3) is 0 Å². The summed E-state index contributed by atoms with van der Waals surface area (Å²) in [7, 11) is 1.62. The van der Waals surface area contributed by atoms with Crippen LogP contribution in [0, 0.1) is 0 Å². The molecule has 0 amide bonds. The highest BCUT2D eigenvalue weighted by Crippen LogP contribution is 2.24. The van der Waals surface area contributed by atoms with Crippen molar-refractivity contribution in [1.29, 1.82) is 0 Å². The second-order valence-corrected chi connectivity index (χ2v) is 4.78. The molecule has 2 rings (SSSR count). The molecule has 96 valence electrons. The van der Waals surface area contributed by atoms with E-state index in [9.17, 15) is 4.79 Å². The lowest BCUT2D eigenvalue weighted by molar-refractivity contribution is 0.0468. The number of rotatable bonds is 5. The van der Waals surface area contributed by atoms with Gasteiger partial charge in [0.1, 0.15) is 0 Å². The fourth-order valence-electron chi connectivity index (χ4n) is 1.52. The summed E-state index contributed by atoms with van der Waals surface area (Å²) in [5.74, 6) is -0.333. The molecule has 0 fully saturated rings. The van der Waals surface area contributed by atoms with Crippen LogP contribution in [0.2, 0.25) is 0 Å². The highest BCUT2D eigenvalue weighted by molar-refractivity contribution is 7.22. The molecule has 1 heterocycles. The van der Waals surface area contributed by atoms with Crippen molar-refractivity contribution in [2.75, 3.05) is 26.1 Å². The van der Waals surface area contributed by atoms with Crippen LogP contribution in [0.15, 0.2) is 18.2 Å². The van der Waals surface area contributed by atoms with Crippen LogP contribution in [0.25, 0.3) is 10.2 Å². The number of nitrogen functional groups attached to an aromatic ring is 1. The Balaban J connectivity index is 2.03. The van der Waals surface area contributed by atoms with Crippen molar-refractivity contribution in [2.24, 2.45) is 0 Å². The van der Waals surface area contributed by atoms with Gasteiger partial charge in [0, 0.05) is 20.1 Å². The molecular formula is C12H14N2O3S. The van der Waals surface area contributed by atoms with E-state index in [1.54, 1.807) is 25.3 Å². The van der Waals surface area contributed by atoms with Gasteiger partial charge in [0.15, 0.2) is 5.13 Å². The molecule has 1 aromatic carbocycles. The minimum atomic E-state index is -0.333. The first-order chi connectivity index (χ1) is 8.70. The van der Waals surface area contributed by atoms with E-state index in [2.05, 4.69) is 4.98 Å². The Morgan fingerprint density at radius 2 is 2.28 bits per heavy atom. The number of hydrogen-bond donors (Lipinski definition) is 1. The van der Waals surface area contributed by atoms with E-state index < -0.39 is 0 Å². The standard InChI is InChI=1S/C12H14N2O3S/c1-16-5-2-6-17-11(15)8-3-4-9-10(7-8)18-12(13)14-9/h3-4,7H,2,5-6H2,1H3,(H2,13,14). The predicted molar refractivity (Wildman–Crippen MR) is 70.8 cm³/mol. The molecule has 0 aliphatic rings. The van der Waals surface area contributed by atoms with Crippen molar-refractivity contribution in [3.63, 3.8) is 0 Å². The number of hydrogen-bond acceptors (Lipinski definition) is 6. The van der Waals surface area contributed by atoms with Gasteiger partial charge < -0.3 is 15.2 Å². The first-order valence-electron chi connectivity index (χ1n) is 5.53. The minimum absolute atomic E-state index is 0.333. The number of ether oxygens (including phenoxy) is 2. The van der Waals surface area contributed by atoms with Gasteiger partial charge in [-0.1, -0.05) is 11.3 Å². The number of carbonyl (C=O) groups excluding carboxylic acids is 1. The van der Waals surface area contributed by atoms with E-state index in [0.717, 1.165) is 10.2 Å². The van der Waals surface area contributed by atoms with Gasteiger partial charge in [0.2, 0.25) is 0 Å². The Kier molecular flexibility index (Phi) is 4.11. The number of nitrogens with zero attached hydrogens (tertiary/aromatic N) is 1. The zero-order valence-corrected chi connectivity index (χ0v) is 10.8. The highest BCUT2D eigenvalue weighted by atomic mass is 32.1. The number of nitrogens with two attached hydrogens (primary N) is 1. The van der Waals surface area contributed by atoms with E-state index in [-0.39, 0.29) is 5.97 Å². The van der Waals surface area contributed by atoms with Gasteiger partial charge in [-0.25, -0.2) is 9.78 Å². The Labute approximate surface area is 109 Å². The van der Waals surface area contributed by atoms with Crippen LogP contribution < -0.4 is 5.73 Å². The molecule has 0 bridgehead atoms. The third-order valence-electron chi connectivity index (χ3n) is 2.37. The number of esters is 1. The predicted octanol–water partition coefficient (Wildman–Crippen LogP) is 2.07. The van der Waals surface area contributed by atoms with Crippen molar-refractivity contribution in [1.82, 2.24) is 4.98 Å². The molecular weight excluding hydrogens is 252 g/mol. The van der Waals surface area contributed by atoms with Gasteiger partial charge >= 0.3 is 5.97 Å². The average molecular weight is 266 g/mol. The number of anilines is 1. The lowest BCUT2D eigenvalue weighted by atomic mass is 10.2. The quantitative estimate of drug-likeness (QED) is 0.662. The molecule has 6 heteroatoms. The summed E-state index contributed by atoms with van der Waals surface area (Å²) >= 11 is 1.35. The topological polar surface area (TPSA) is 74.4 Å². The van der Waals surface area contributed by atoms with Gasteiger partial charge in [0.05, 0.1) is 22.4 Å². The minimum Gasteiger partial charge on any atom is -0.462 e. The van der Waals surface area contributed by atoms with Crippen molar-refractivity contribution in [3.8, 4) is 0 Å². The van der Waals surface area contributed by atoms with Crippen molar-refractivity contribution >= 4 is 32.7 Å². The van der Waals surface area contributed by atoms with Gasteiger partial charge in [-0.3, -0.25) is 0 Å². The maximum atomic E-state index is 11.7. The fraction of sp³-hybridized carbons (Fsp3) is 0.333. The number of aromatic nitrogens is 1. The summed E-state index contributed by atoms with van der Waals surface area (Å²) < 4.78 is 10.9. The van der Waals surface area contributed by atoms with Crippen LogP contribution in [-0.2, 0) is 9.47 Å². The Morgan fingerprint density at radius 3 is 3.06 bits per heavy atom. The molecule has 0 unspecified atom stereocenters. The summed E-state index contributed by atoms with van der Waals surface area (Å²) in [4.78, 5) is 15.9. The molecule has 5 nitrogen and oxygen atoms in total. The fourth-order valence-corrected chi connectivity index (χ4v) is 2.29. The molecule has 2 aromatic rings. The summed E-state index contributed by atoms with van der Waals surface area (Å²) in [5.41, 5.74) is 6.92. The molecule has 0 radical (unpaired) electrons. The summed E-state index contributed by atoms with van der Waals surface area (Å²) in [5, 5.41) is 0.496. The normalized spacial score (nSPS) is 10.7. The van der Waals surface area contributed by atoms with E-state index in [0.29, 0.717) is 30.3 Å². The Morgan fingerprint density at radius 1 is 1.44 bits per heavy atom. The van der Waals surface area contributed by atoms with Crippen LogP contribution in [0.3, 0.4) is 0 Å². The molecule has 0 aliphatic heterocycles. The molecule has 18 heavy (non-hydrogen) atoms. The average Bonchev–Trinajstić information content (AvgIpc) is 2.73. The molecule has 0 atom stereocenters. The van der Waals surface area contributed by atoms with Crippen LogP contribution in [0.4, 0.5) is 5.13 Å². The van der Waals surface area contributed by atoms with Crippen molar-refractivity contribution < 1.29 is 14.3 Å². The number of thiazole rings is 1. The molecule has 2 N–H and O–H groups in total.